The maximum Gasteiger partial charge on any atom is 2.00 e. The molecular formula is C72H54N6OPt. The third-order valence-corrected chi connectivity index (χ3v) is 16.0. The van der Waals surface area contributed by atoms with Crippen LogP contribution in [0.1, 0.15) is 52.7 Å². The van der Waals surface area contributed by atoms with Crippen LogP contribution < -0.4 is 4.74 Å². The molecule has 15 rings (SSSR count). The van der Waals surface area contributed by atoms with Crippen LogP contribution in [-0.4, -0.2) is 28.2 Å². The van der Waals surface area contributed by atoms with Crippen molar-refractivity contribution in [1.82, 2.24) is 28.2 Å². The molecule has 9 aromatic carbocycles. The van der Waals surface area contributed by atoms with Gasteiger partial charge in [-0.15, -0.1) is 35.0 Å². The van der Waals surface area contributed by atoms with Gasteiger partial charge < -0.3 is 23.0 Å². The zero-order valence-electron chi connectivity index (χ0n) is 45.2. The molecule has 0 aliphatic rings. The number of rotatable bonds is 7. The van der Waals surface area contributed by atoms with Gasteiger partial charge in [-0.05, 0) is 117 Å². The monoisotopic (exact) mass is 1210 g/mol. The molecule has 6 aromatic heterocycles. The van der Waals surface area contributed by atoms with Gasteiger partial charge in [-0.1, -0.05) is 156 Å². The third-order valence-electron chi connectivity index (χ3n) is 16.0. The van der Waals surface area contributed by atoms with E-state index in [1.807, 2.05) is 24.5 Å². The third kappa shape index (κ3) is 7.81. The fraction of sp³-hybridized carbons (Fsp3) is 0.111. The zero-order chi connectivity index (χ0) is 53.3. The molecule has 0 spiro atoms. The minimum atomic E-state index is -0.0926. The summed E-state index contributed by atoms with van der Waals surface area (Å²) in [4.78, 5) is 10.1. The van der Waals surface area contributed by atoms with Crippen molar-refractivity contribution in [3.63, 3.8) is 0 Å². The molecule has 0 radical (unpaired) electrons. The number of hydrogen-bond acceptors (Lipinski definition) is 3. The minimum absolute atomic E-state index is 0. The molecule has 0 bridgehead atoms. The Morgan fingerprint density at radius 3 is 1.40 bits per heavy atom. The normalized spacial score (nSPS) is 12.3. The van der Waals surface area contributed by atoms with Gasteiger partial charge in [0.2, 0.25) is 0 Å². The van der Waals surface area contributed by atoms with Gasteiger partial charge in [-0.2, -0.15) is 12.1 Å². The number of nitrogens with zero attached hydrogens (tertiary/aromatic N) is 6. The van der Waals surface area contributed by atoms with E-state index in [0.29, 0.717) is 11.5 Å². The Morgan fingerprint density at radius 1 is 0.362 bits per heavy atom. The number of ether oxygens (including phenoxy) is 1. The predicted octanol–water partition coefficient (Wildman–Crippen LogP) is 18.5. The van der Waals surface area contributed by atoms with Crippen LogP contribution in [0.2, 0.25) is 0 Å². The van der Waals surface area contributed by atoms with Gasteiger partial charge in [-0.25, -0.2) is 9.97 Å². The molecule has 80 heavy (non-hydrogen) atoms. The molecule has 0 fully saturated rings. The van der Waals surface area contributed by atoms with Crippen LogP contribution in [0.3, 0.4) is 0 Å². The first-order valence-electron chi connectivity index (χ1n) is 27.1. The van der Waals surface area contributed by atoms with E-state index in [9.17, 15) is 0 Å². The topological polar surface area (TPSA) is 54.7 Å². The predicted molar refractivity (Wildman–Crippen MR) is 326 cm³/mol. The van der Waals surface area contributed by atoms with Gasteiger partial charge >= 0.3 is 21.1 Å². The van der Waals surface area contributed by atoms with Crippen LogP contribution in [0.15, 0.2) is 219 Å². The molecule has 0 N–H and O–H groups in total. The summed E-state index contributed by atoms with van der Waals surface area (Å²) < 4.78 is 16.2. The molecular weight excluding hydrogens is 1160 g/mol. The van der Waals surface area contributed by atoms with Gasteiger partial charge in [0.25, 0.3) is 0 Å². The van der Waals surface area contributed by atoms with E-state index in [1.54, 1.807) is 0 Å². The molecule has 0 aliphatic heterocycles. The number of hydrogen-bond donors (Lipinski definition) is 0. The van der Waals surface area contributed by atoms with E-state index in [2.05, 4.69) is 266 Å². The van der Waals surface area contributed by atoms with E-state index in [0.717, 1.165) is 77.7 Å². The van der Waals surface area contributed by atoms with Crippen LogP contribution >= 0.6 is 0 Å². The Kier molecular flexibility index (Phi) is 11.4. The molecule has 0 unspecified atom stereocenters. The van der Waals surface area contributed by atoms with E-state index in [-0.39, 0.29) is 31.9 Å². The Labute approximate surface area is 478 Å². The van der Waals surface area contributed by atoms with Crippen molar-refractivity contribution in [2.24, 2.45) is 0 Å². The Balaban J connectivity index is 0.00000577. The molecule has 6 heterocycles. The van der Waals surface area contributed by atoms with Gasteiger partial charge in [0, 0.05) is 73.4 Å². The minimum Gasteiger partial charge on any atom is -0.509 e. The summed E-state index contributed by atoms with van der Waals surface area (Å²) >= 11 is 0. The number of fused-ring (bicyclic) bond motifs is 12. The molecule has 8 heteroatoms. The van der Waals surface area contributed by atoms with Crippen molar-refractivity contribution < 1.29 is 25.8 Å². The molecule has 388 valence electrons. The van der Waals surface area contributed by atoms with Gasteiger partial charge in [0.1, 0.15) is 11.6 Å². The van der Waals surface area contributed by atoms with Gasteiger partial charge in [-0.3, -0.25) is 0 Å². The molecule has 0 amide bonds. The fourth-order valence-corrected chi connectivity index (χ4v) is 12.2. The molecule has 0 aliphatic carbocycles. The number of para-hydroxylation sites is 5. The summed E-state index contributed by atoms with van der Waals surface area (Å²) in [5.74, 6) is 2.79. The van der Waals surface area contributed by atoms with Crippen molar-refractivity contribution in [2.45, 2.75) is 52.4 Å². The fourth-order valence-electron chi connectivity index (χ4n) is 12.2. The number of benzene rings is 9. The van der Waals surface area contributed by atoms with Crippen molar-refractivity contribution >= 4 is 87.2 Å². The van der Waals surface area contributed by atoms with Crippen LogP contribution in [0, 0.1) is 12.1 Å². The largest absolute Gasteiger partial charge is 2.00 e. The molecule has 0 saturated carbocycles. The van der Waals surface area contributed by atoms with E-state index in [4.69, 9.17) is 14.7 Å². The maximum absolute atomic E-state index is 6.94. The quantitative estimate of drug-likeness (QED) is 0.149. The van der Waals surface area contributed by atoms with E-state index >= 15 is 0 Å². The Morgan fingerprint density at radius 2 is 0.838 bits per heavy atom. The summed E-state index contributed by atoms with van der Waals surface area (Å²) in [7, 11) is 0. The van der Waals surface area contributed by atoms with Crippen molar-refractivity contribution in [3.8, 4) is 45.6 Å². The second-order valence-electron chi connectivity index (χ2n) is 22.9. The van der Waals surface area contributed by atoms with Gasteiger partial charge in [0.15, 0.2) is 0 Å². The smallest absolute Gasteiger partial charge is 0.509 e. The van der Waals surface area contributed by atoms with Crippen LogP contribution in [0.25, 0.3) is 121 Å². The van der Waals surface area contributed by atoms with E-state index < -0.39 is 0 Å². The van der Waals surface area contributed by atoms with E-state index in [1.165, 1.54) is 54.7 Å². The number of pyridine rings is 2. The summed E-state index contributed by atoms with van der Waals surface area (Å²) in [6, 6.07) is 81.6. The maximum atomic E-state index is 6.94. The van der Waals surface area contributed by atoms with Gasteiger partial charge in [0.05, 0.1) is 22.1 Å². The SMILES string of the molecule is CC(C)(C)c1ccnc(-n2c3[c-]c(Oc4[c-]c5c(cc4)c4cc(-n6c7ccccc7c7ccccc76)ccc4n5-c4cc(C(C)(C)C)ccn4)ccc3c3cc(-c4cccc5c6ccccc6n(-c6ccccc6)c45)ccc32)c1.[Pt+2]. The Bertz CT molecular complexity index is 4910. The van der Waals surface area contributed by atoms with Crippen molar-refractivity contribution in [1.29, 1.82) is 0 Å². The number of aromatic nitrogens is 6. The first-order valence-corrected chi connectivity index (χ1v) is 27.1. The van der Waals surface area contributed by atoms with Crippen LogP contribution in [0.5, 0.6) is 11.5 Å². The second kappa shape index (κ2) is 18.5. The molecule has 0 saturated heterocycles. The molecule has 7 nitrogen and oxygen atoms in total. The summed E-state index contributed by atoms with van der Waals surface area (Å²) in [6.07, 6.45) is 3.84. The summed E-state index contributed by atoms with van der Waals surface area (Å²) in [5, 5.41) is 9.19. The summed E-state index contributed by atoms with van der Waals surface area (Å²) in [5.41, 5.74) is 15.2. The van der Waals surface area contributed by atoms with Crippen LogP contribution in [-0.2, 0) is 31.9 Å². The van der Waals surface area contributed by atoms with Crippen LogP contribution in [0.4, 0.5) is 0 Å². The molecule has 0 atom stereocenters. The van der Waals surface area contributed by atoms with Crippen molar-refractivity contribution in [3.05, 3.63) is 242 Å². The average molecular weight is 1210 g/mol. The average Bonchev–Trinajstić information content (AvgIpc) is 4.27. The first-order chi connectivity index (χ1) is 38.4. The van der Waals surface area contributed by atoms with Crippen molar-refractivity contribution in [2.75, 3.05) is 0 Å². The Hall–Kier alpha value is -9.03. The first kappa shape index (κ1) is 49.3. The molecule has 15 aromatic rings. The second-order valence-corrected chi connectivity index (χ2v) is 22.9. The summed E-state index contributed by atoms with van der Waals surface area (Å²) in [6.45, 7) is 13.4. The zero-order valence-corrected chi connectivity index (χ0v) is 47.5. The standard InChI is InChI=1S/C72H54N6O.Pt/c1-71(2,3)46-35-37-73-68(40-46)77-64-33-27-45(52-22-16-23-58-55-21-12-15-26-63(55)76(70(52)58)48-17-8-7-9-18-48)39-59(64)56-31-29-50(43-66(56)77)79-51-30-32-57-60-42-49(75-61-24-13-10-19-53(61)54-20-11-14-25-62(54)75)28-34-65(60)78(67(57)44-51)69-41-47(36-38-74-69)72(4,5)6;/h7-42H,1-6H3;/q-2;+2.